The van der Waals surface area contributed by atoms with Gasteiger partial charge in [0, 0.05) is 18.5 Å². The van der Waals surface area contributed by atoms with Crippen LogP contribution in [0.4, 0.5) is 0 Å². The molecule has 1 saturated heterocycles. The SMILES string of the molecule is C/C=C(Br)\C(O)=C1\OC2C[C@@H](O)C=C[C@]23CCN(C)CC=C13. The molecule has 120 valence electrons. The molecule has 22 heavy (non-hydrogen) atoms. The highest BCUT2D eigenvalue weighted by atomic mass is 79.9. The minimum atomic E-state index is -0.482. The van der Waals surface area contributed by atoms with Crippen molar-refractivity contribution in [3.05, 3.63) is 45.9 Å². The number of rotatable bonds is 1. The molecule has 3 atom stereocenters. The fourth-order valence-electron chi connectivity index (χ4n) is 3.54. The van der Waals surface area contributed by atoms with E-state index < -0.39 is 6.10 Å². The van der Waals surface area contributed by atoms with Crippen molar-refractivity contribution in [3.63, 3.8) is 0 Å². The molecule has 3 aliphatic rings. The van der Waals surface area contributed by atoms with Crippen molar-refractivity contribution >= 4 is 15.9 Å². The van der Waals surface area contributed by atoms with Crippen molar-refractivity contribution in [1.82, 2.24) is 4.90 Å². The van der Waals surface area contributed by atoms with Crippen LogP contribution in [0.3, 0.4) is 0 Å². The summed E-state index contributed by atoms with van der Waals surface area (Å²) in [4.78, 5) is 2.26. The number of hydrogen-bond acceptors (Lipinski definition) is 4. The zero-order valence-electron chi connectivity index (χ0n) is 12.9. The van der Waals surface area contributed by atoms with Crippen molar-refractivity contribution in [1.29, 1.82) is 0 Å². The molecule has 2 heterocycles. The molecule has 0 aromatic carbocycles. The Labute approximate surface area is 139 Å². The second-order valence-electron chi connectivity index (χ2n) is 6.25. The van der Waals surface area contributed by atoms with Crippen molar-refractivity contribution < 1.29 is 14.9 Å². The molecule has 0 saturated carbocycles. The molecular formula is C17H22BrNO3. The van der Waals surface area contributed by atoms with Crippen LogP contribution in [0.15, 0.2) is 45.9 Å². The molecule has 0 bridgehead atoms. The molecule has 1 fully saturated rings. The van der Waals surface area contributed by atoms with Gasteiger partial charge in [-0.1, -0.05) is 24.3 Å². The van der Waals surface area contributed by atoms with Gasteiger partial charge in [0.15, 0.2) is 11.5 Å². The molecule has 0 amide bonds. The first kappa shape index (κ1) is 15.8. The minimum Gasteiger partial charge on any atom is -0.503 e. The Morgan fingerprint density at radius 3 is 3.05 bits per heavy atom. The molecule has 4 nitrogen and oxygen atoms in total. The van der Waals surface area contributed by atoms with E-state index in [1.165, 1.54) is 0 Å². The summed E-state index contributed by atoms with van der Waals surface area (Å²) in [5.41, 5.74) is 0.801. The lowest BCUT2D eigenvalue weighted by atomic mass is 9.69. The predicted octanol–water partition coefficient (Wildman–Crippen LogP) is 3.02. The zero-order chi connectivity index (χ0) is 15.9. The van der Waals surface area contributed by atoms with E-state index in [4.69, 9.17) is 4.74 Å². The third-order valence-electron chi connectivity index (χ3n) is 4.86. The average Bonchev–Trinajstić information content (AvgIpc) is 2.73. The van der Waals surface area contributed by atoms with Gasteiger partial charge < -0.3 is 19.8 Å². The zero-order valence-corrected chi connectivity index (χ0v) is 14.5. The smallest absolute Gasteiger partial charge is 0.172 e. The highest BCUT2D eigenvalue weighted by molar-refractivity contribution is 9.11. The largest absolute Gasteiger partial charge is 0.503 e. The van der Waals surface area contributed by atoms with Gasteiger partial charge in [-0.15, -0.1) is 0 Å². The summed E-state index contributed by atoms with van der Waals surface area (Å²) in [6.45, 7) is 3.64. The van der Waals surface area contributed by atoms with E-state index in [0.29, 0.717) is 16.7 Å². The summed E-state index contributed by atoms with van der Waals surface area (Å²) in [6.07, 6.45) is 8.77. The monoisotopic (exact) mass is 367 g/mol. The molecule has 1 spiro atoms. The first-order valence-electron chi connectivity index (χ1n) is 7.67. The minimum absolute atomic E-state index is 0.125. The molecule has 1 unspecified atom stereocenters. The van der Waals surface area contributed by atoms with Gasteiger partial charge in [0.05, 0.1) is 16.0 Å². The first-order valence-corrected chi connectivity index (χ1v) is 8.46. The molecule has 0 aromatic rings. The van der Waals surface area contributed by atoms with E-state index in [1.54, 1.807) is 6.08 Å². The standard InChI is InChI=1S/C17H22BrNO3/c1-3-13(18)15(21)16-12-5-8-19(2)9-7-17(12)6-4-11(20)10-14(17)22-16/h3-6,11,14,20-21H,7-10H2,1-2H3/b13-3+,16-15-/t11-,14?,17+/m0/s1. The van der Waals surface area contributed by atoms with E-state index in [-0.39, 0.29) is 17.3 Å². The number of ether oxygens (including phenoxy) is 1. The fraction of sp³-hybridized carbons (Fsp3) is 0.529. The Morgan fingerprint density at radius 1 is 1.55 bits per heavy atom. The molecule has 2 aliphatic heterocycles. The molecule has 5 heteroatoms. The van der Waals surface area contributed by atoms with Crippen LogP contribution in [0.1, 0.15) is 19.8 Å². The Bertz CT molecular complexity index is 593. The van der Waals surface area contributed by atoms with Crippen LogP contribution >= 0.6 is 15.9 Å². The summed E-state index contributed by atoms with van der Waals surface area (Å²) >= 11 is 3.38. The third-order valence-corrected chi connectivity index (χ3v) is 5.69. The number of halogens is 1. The van der Waals surface area contributed by atoms with Crippen molar-refractivity contribution in [2.24, 2.45) is 5.41 Å². The molecule has 1 aliphatic carbocycles. The summed E-state index contributed by atoms with van der Waals surface area (Å²) in [5.74, 6) is 0.680. The van der Waals surface area contributed by atoms with Gasteiger partial charge >= 0.3 is 0 Å². The van der Waals surface area contributed by atoms with Crippen molar-refractivity contribution in [3.8, 4) is 0 Å². The lowest BCUT2D eigenvalue weighted by molar-refractivity contribution is 0.0371. The molecule has 2 N–H and O–H groups in total. The van der Waals surface area contributed by atoms with E-state index in [2.05, 4.69) is 40.0 Å². The third kappa shape index (κ3) is 2.45. The first-order chi connectivity index (χ1) is 10.5. The van der Waals surface area contributed by atoms with Gasteiger partial charge in [0.2, 0.25) is 0 Å². The maximum Gasteiger partial charge on any atom is 0.172 e. The molecule has 0 aromatic heterocycles. The fourth-order valence-corrected chi connectivity index (χ4v) is 3.72. The highest BCUT2D eigenvalue weighted by Gasteiger charge is 2.53. The molecule has 0 radical (unpaired) electrons. The van der Waals surface area contributed by atoms with Gasteiger partial charge in [-0.05, 0) is 42.9 Å². The lowest BCUT2D eigenvalue weighted by Gasteiger charge is -2.35. The second-order valence-corrected chi connectivity index (χ2v) is 7.11. The van der Waals surface area contributed by atoms with Gasteiger partial charge in [-0.3, -0.25) is 0 Å². The van der Waals surface area contributed by atoms with Crippen LogP contribution in [-0.2, 0) is 4.74 Å². The Kier molecular flexibility index (Phi) is 4.23. The van der Waals surface area contributed by atoms with E-state index in [1.807, 2.05) is 13.0 Å². The number of likely N-dealkylation sites (N-methyl/N-ethyl adjacent to an activating group) is 1. The number of allylic oxidation sites excluding steroid dienone is 3. The van der Waals surface area contributed by atoms with Crippen LogP contribution in [0, 0.1) is 5.41 Å². The number of aliphatic hydroxyl groups excluding tert-OH is 2. The van der Waals surface area contributed by atoms with Crippen molar-refractivity contribution in [2.45, 2.75) is 32.0 Å². The molecular weight excluding hydrogens is 346 g/mol. The summed E-state index contributed by atoms with van der Waals surface area (Å²) in [5, 5.41) is 20.5. The van der Waals surface area contributed by atoms with Gasteiger partial charge in [-0.2, -0.15) is 0 Å². The van der Waals surface area contributed by atoms with Crippen molar-refractivity contribution in [2.75, 3.05) is 20.1 Å². The Balaban J connectivity index is 2.13. The van der Waals surface area contributed by atoms with Crippen LogP contribution in [-0.4, -0.2) is 47.5 Å². The van der Waals surface area contributed by atoms with Crippen LogP contribution in [0.25, 0.3) is 0 Å². The van der Waals surface area contributed by atoms with Gasteiger partial charge in [0.25, 0.3) is 0 Å². The van der Waals surface area contributed by atoms with Crippen LogP contribution < -0.4 is 0 Å². The number of hydrogen-bond donors (Lipinski definition) is 2. The summed E-state index contributed by atoms with van der Waals surface area (Å²) in [7, 11) is 2.09. The number of nitrogens with zero attached hydrogens (tertiary/aromatic N) is 1. The predicted molar refractivity (Wildman–Crippen MR) is 89.6 cm³/mol. The normalized spacial score (nSPS) is 37.8. The molecule has 3 rings (SSSR count). The summed E-state index contributed by atoms with van der Waals surface area (Å²) < 4.78 is 6.73. The Morgan fingerprint density at radius 2 is 2.32 bits per heavy atom. The summed E-state index contributed by atoms with van der Waals surface area (Å²) in [6, 6.07) is 0. The average molecular weight is 368 g/mol. The number of aliphatic hydroxyl groups is 2. The highest BCUT2D eigenvalue weighted by Crippen LogP contribution is 2.54. The van der Waals surface area contributed by atoms with Crippen LogP contribution in [0.5, 0.6) is 0 Å². The Hall–Kier alpha value is -1.04. The second kappa shape index (κ2) is 5.87. The lowest BCUT2D eigenvalue weighted by Crippen LogP contribution is -2.38. The topological polar surface area (TPSA) is 52.9 Å². The van der Waals surface area contributed by atoms with E-state index in [0.717, 1.165) is 25.1 Å². The van der Waals surface area contributed by atoms with E-state index in [9.17, 15) is 10.2 Å². The van der Waals surface area contributed by atoms with Gasteiger partial charge in [-0.25, -0.2) is 0 Å². The van der Waals surface area contributed by atoms with Gasteiger partial charge in [0.1, 0.15) is 6.10 Å². The quantitative estimate of drug-likeness (QED) is 0.552. The maximum absolute atomic E-state index is 10.5. The van der Waals surface area contributed by atoms with Crippen LogP contribution in [0.2, 0.25) is 0 Å². The van der Waals surface area contributed by atoms with E-state index >= 15 is 0 Å². The maximum atomic E-state index is 10.5.